The van der Waals surface area contributed by atoms with E-state index in [-0.39, 0.29) is 33.6 Å². The number of halogens is 1. The minimum absolute atomic E-state index is 0. The van der Waals surface area contributed by atoms with E-state index in [1.807, 2.05) is 60.9 Å². The van der Waals surface area contributed by atoms with Crippen molar-refractivity contribution >= 4 is 5.69 Å². The van der Waals surface area contributed by atoms with Gasteiger partial charge in [-0.2, -0.15) is 4.57 Å². The predicted octanol–water partition coefficient (Wildman–Crippen LogP) is 0.718. The molecule has 0 bridgehead atoms. The van der Waals surface area contributed by atoms with Gasteiger partial charge in [-0.1, -0.05) is 36.4 Å². The average molecular weight is 385 g/mol. The van der Waals surface area contributed by atoms with Gasteiger partial charge in [0, 0.05) is 36.2 Å². The molecule has 0 saturated carbocycles. The Morgan fingerprint density at radius 2 is 1.46 bits per heavy atom. The summed E-state index contributed by atoms with van der Waals surface area (Å²) >= 11 is 0. The molecule has 0 spiro atoms. The second-order valence-electron chi connectivity index (χ2n) is 5.38. The quantitative estimate of drug-likeness (QED) is 0.369. The van der Waals surface area contributed by atoms with Gasteiger partial charge < -0.3 is 17.0 Å². The molecule has 0 aliphatic carbocycles. The van der Waals surface area contributed by atoms with Gasteiger partial charge in [-0.3, -0.25) is 10.1 Å². The fourth-order valence-electron chi connectivity index (χ4n) is 2.67. The minimum atomic E-state index is -0.369. The van der Waals surface area contributed by atoms with E-state index in [0.717, 1.165) is 12.0 Å². The van der Waals surface area contributed by atoms with Crippen molar-refractivity contribution in [3.8, 4) is 0 Å². The zero-order chi connectivity index (χ0) is 16.1. The number of nitro benzene ring substituents is 1. The fraction of sp³-hybridized carbons (Fsp3) is 0.105. The van der Waals surface area contributed by atoms with E-state index < -0.39 is 0 Å². The highest BCUT2D eigenvalue weighted by molar-refractivity contribution is 5.34. The smallest absolute Gasteiger partial charge is 0.269 e. The molecule has 0 saturated heterocycles. The van der Waals surface area contributed by atoms with Crippen molar-refractivity contribution in [2.45, 2.75) is 12.5 Å². The highest BCUT2D eigenvalue weighted by Gasteiger charge is 2.22. The molecule has 3 aromatic rings. The third-order valence-electron chi connectivity index (χ3n) is 3.86. The summed E-state index contributed by atoms with van der Waals surface area (Å²) in [6.45, 7) is 0. The first kappa shape index (κ1) is 17.8. The van der Waals surface area contributed by atoms with Crippen LogP contribution in [0.5, 0.6) is 0 Å². The van der Waals surface area contributed by atoms with Crippen LogP contribution in [-0.2, 0) is 6.42 Å². The van der Waals surface area contributed by atoms with Crippen LogP contribution in [0.4, 0.5) is 5.69 Å². The first-order valence-corrected chi connectivity index (χ1v) is 7.48. The third-order valence-corrected chi connectivity index (χ3v) is 3.86. The van der Waals surface area contributed by atoms with E-state index in [0.29, 0.717) is 0 Å². The van der Waals surface area contributed by atoms with E-state index >= 15 is 0 Å². The Balaban J connectivity index is 0.00000208. The van der Waals surface area contributed by atoms with Gasteiger partial charge in [0.1, 0.15) is 0 Å². The molecular formula is C19H17BrN2O2. The molecule has 0 aliphatic heterocycles. The Bertz CT molecular complexity index is 777. The van der Waals surface area contributed by atoms with Crippen LogP contribution in [-0.4, -0.2) is 4.92 Å². The molecule has 0 radical (unpaired) electrons. The summed E-state index contributed by atoms with van der Waals surface area (Å²) in [7, 11) is 0. The van der Waals surface area contributed by atoms with Crippen molar-refractivity contribution in [1.82, 2.24) is 0 Å². The second kappa shape index (κ2) is 8.36. The largest absolute Gasteiger partial charge is 1.00 e. The Morgan fingerprint density at radius 3 is 2.04 bits per heavy atom. The predicted molar refractivity (Wildman–Crippen MR) is 88.0 cm³/mol. The summed E-state index contributed by atoms with van der Waals surface area (Å²) in [5.41, 5.74) is 2.40. The van der Waals surface area contributed by atoms with Crippen molar-refractivity contribution < 1.29 is 26.5 Å². The molecule has 0 fully saturated rings. The maximum atomic E-state index is 10.8. The third kappa shape index (κ3) is 4.26. The Hall–Kier alpha value is -2.53. The Morgan fingerprint density at radius 1 is 0.875 bits per heavy atom. The van der Waals surface area contributed by atoms with Gasteiger partial charge in [0.2, 0.25) is 0 Å². The van der Waals surface area contributed by atoms with Crippen LogP contribution in [0.15, 0.2) is 85.2 Å². The Kier molecular flexibility index (Phi) is 6.21. The molecule has 0 amide bonds. The number of nitro groups is 1. The normalized spacial score (nSPS) is 11.3. The van der Waals surface area contributed by atoms with Crippen molar-refractivity contribution in [3.05, 3.63) is 106 Å². The fourth-order valence-corrected chi connectivity index (χ4v) is 2.67. The van der Waals surface area contributed by atoms with Gasteiger partial charge in [0.25, 0.3) is 5.69 Å². The van der Waals surface area contributed by atoms with Gasteiger partial charge in [-0.15, -0.1) is 0 Å². The van der Waals surface area contributed by atoms with E-state index in [9.17, 15) is 10.1 Å². The lowest BCUT2D eigenvalue weighted by molar-refractivity contribution is -0.713. The molecule has 122 valence electrons. The average Bonchev–Trinajstić information content (AvgIpc) is 2.61. The zero-order valence-corrected chi connectivity index (χ0v) is 14.5. The zero-order valence-electron chi connectivity index (χ0n) is 13.0. The SMILES string of the molecule is O=[N+]([O-])c1ccc(C(Cc2ccccc2)[n+]2ccccc2)cc1.[Br-]. The lowest BCUT2D eigenvalue weighted by Crippen LogP contribution is -3.00. The van der Waals surface area contributed by atoms with E-state index in [4.69, 9.17) is 0 Å². The number of hydrogen-bond donors (Lipinski definition) is 0. The number of rotatable bonds is 5. The molecule has 1 aromatic heterocycles. The van der Waals surface area contributed by atoms with Crippen molar-refractivity contribution in [1.29, 1.82) is 0 Å². The molecule has 1 unspecified atom stereocenters. The van der Waals surface area contributed by atoms with Crippen molar-refractivity contribution in [3.63, 3.8) is 0 Å². The maximum absolute atomic E-state index is 10.8. The van der Waals surface area contributed by atoms with Crippen LogP contribution in [0.25, 0.3) is 0 Å². The van der Waals surface area contributed by atoms with E-state index in [1.54, 1.807) is 12.1 Å². The van der Waals surface area contributed by atoms with Crippen LogP contribution in [0, 0.1) is 10.1 Å². The van der Waals surface area contributed by atoms with Crippen molar-refractivity contribution in [2.24, 2.45) is 0 Å². The van der Waals surface area contributed by atoms with Gasteiger partial charge in [0.15, 0.2) is 18.4 Å². The molecule has 4 nitrogen and oxygen atoms in total. The van der Waals surface area contributed by atoms with Crippen molar-refractivity contribution in [2.75, 3.05) is 0 Å². The standard InChI is InChI=1S/C19H17N2O2.BrH/c22-21(23)18-11-9-17(10-12-18)19(20-13-5-2-6-14-20)15-16-7-3-1-4-8-16;/h1-14,19H,15H2;1H/q+1;/p-1. The molecule has 1 heterocycles. The summed E-state index contributed by atoms with van der Waals surface area (Å²) in [4.78, 5) is 10.5. The summed E-state index contributed by atoms with van der Waals surface area (Å²) < 4.78 is 2.13. The van der Waals surface area contributed by atoms with Crippen LogP contribution in [0.2, 0.25) is 0 Å². The number of aromatic nitrogens is 1. The first-order chi connectivity index (χ1) is 11.2. The van der Waals surface area contributed by atoms with E-state index in [1.165, 1.54) is 5.56 Å². The van der Waals surface area contributed by atoms with Crippen LogP contribution in [0.1, 0.15) is 17.2 Å². The molecular weight excluding hydrogens is 368 g/mol. The number of non-ortho nitro benzene ring substituents is 1. The monoisotopic (exact) mass is 384 g/mol. The summed E-state index contributed by atoms with van der Waals surface area (Å²) in [6, 6.07) is 23.1. The summed E-state index contributed by atoms with van der Waals surface area (Å²) in [5, 5.41) is 10.8. The van der Waals surface area contributed by atoms with Gasteiger partial charge in [-0.05, 0) is 17.7 Å². The number of benzene rings is 2. The van der Waals surface area contributed by atoms with Crippen LogP contribution < -0.4 is 21.5 Å². The lowest BCUT2D eigenvalue weighted by Gasteiger charge is -2.13. The van der Waals surface area contributed by atoms with Gasteiger partial charge in [0.05, 0.1) is 4.92 Å². The first-order valence-electron chi connectivity index (χ1n) is 7.48. The number of pyridine rings is 1. The summed E-state index contributed by atoms with van der Waals surface area (Å²) in [6.07, 6.45) is 4.87. The van der Waals surface area contributed by atoms with Gasteiger partial charge in [-0.25, -0.2) is 0 Å². The molecule has 2 aromatic carbocycles. The lowest BCUT2D eigenvalue weighted by atomic mass is 9.98. The Labute approximate surface area is 151 Å². The maximum Gasteiger partial charge on any atom is 0.269 e. The highest BCUT2D eigenvalue weighted by Crippen LogP contribution is 2.21. The topological polar surface area (TPSA) is 47.0 Å². The molecule has 24 heavy (non-hydrogen) atoms. The molecule has 1 atom stereocenters. The number of hydrogen-bond acceptors (Lipinski definition) is 2. The van der Waals surface area contributed by atoms with Crippen LogP contribution in [0.3, 0.4) is 0 Å². The molecule has 0 N–H and O–H groups in total. The molecule has 0 aliphatic rings. The molecule has 5 heteroatoms. The minimum Gasteiger partial charge on any atom is -1.00 e. The van der Waals surface area contributed by atoms with E-state index in [2.05, 4.69) is 16.7 Å². The highest BCUT2D eigenvalue weighted by atomic mass is 79.9. The van der Waals surface area contributed by atoms with Gasteiger partial charge >= 0.3 is 0 Å². The molecule has 3 rings (SSSR count). The summed E-state index contributed by atoms with van der Waals surface area (Å²) in [5.74, 6) is 0. The second-order valence-corrected chi connectivity index (χ2v) is 5.38. The number of nitrogens with zero attached hydrogens (tertiary/aromatic N) is 2. The van der Waals surface area contributed by atoms with Crippen LogP contribution >= 0.6 is 0 Å².